The summed E-state index contributed by atoms with van der Waals surface area (Å²) in [6, 6.07) is 14.6. The monoisotopic (exact) mass is 293 g/mol. The molecule has 0 aliphatic carbocycles. The number of nitrogens with one attached hydrogen (secondary N) is 1. The highest BCUT2D eigenvalue weighted by Gasteiger charge is 1.96. The number of hydrogen-bond acceptors (Lipinski definition) is 2. The van der Waals surface area contributed by atoms with Gasteiger partial charge in [-0.1, -0.05) is 30.4 Å². The van der Waals surface area contributed by atoms with Crippen molar-refractivity contribution in [2.45, 2.75) is 0 Å². The van der Waals surface area contributed by atoms with Crippen LogP contribution in [0.3, 0.4) is 0 Å². The van der Waals surface area contributed by atoms with Crippen molar-refractivity contribution in [2.24, 2.45) is 0 Å². The summed E-state index contributed by atoms with van der Waals surface area (Å²) in [4.78, 5) is 4.05. The van der Waals surface area contributed by atoms with Gasteiger partial charge < -0.3 is 9.88 Å². The molecule has 0 amide bonds. The molecule has 0 radical (unpaired) electrons. The molecule has 3 aromatic rings. The van der Waals surface area contributed by atoms with Gasteiger partial charge in [-0.05, 0) is 35.9 Å². The van der Waals surface area contributed by atoms with Crippen molar-refractivity contribution in [3.05, 3.63) is 84.7 Å². The first-order chi connectivity index (χ1) is 10.8. The molecule has 4 heteroatoms. The lowest BCUT2D eigenvalue weighted by Crippen LogP contribution is -1.99. The predicted molar refractivity (Wildman–Crippen MR) is 87.5 cm³/mol. The molecule has 0 spiro atoms. The smallest absolute Gasteiger partial charge is 0.123 e. The second-order valence-electron chi connectivity index (χ2n) is 4.86. The van der Waals surface area contributed by atoms with Crippen LogP contribution in [0.5, 0.6) is 0 Å². The minimum atomic E-state index is -0.219. The summed E-state index contributed by atoms with van der Waals surface area (Å²) in [6.45, 7) is 0.671. The first-order valence-electron chi connectivity index (χ1n) is 7.06. The summed E-state index contributed by atoms with van der Waals surface area (Å²) < 4.78 is 15.0. The third-order valence-electron chi connectivity index (χ3n) is 3.23. The maximum Gasteiger partial charge on any atom is 0.123 e. The minimum Gasteiger partial charge on any atom is -0.382 e. The zero-order valence-electron chi connectivity index (χ0n) is 12.0. The molecule has 3 rings (SSSR count). The number of hydrogen-bond donors (Lipinski definition) is 1. The van der Waals surface area contributed by atoms with E-state index >= 15 is 0 Å². The summed E-state index contributed by atoms with van der Waals surface area (Å²) in [5, 5.41) is 3.32. The zero-order valence-corrected chi connectivity index (χ0v) is 12.0. The van der Waals surface area contributed by atoms with Crippen molar-refractivity contribution in [1.29, 1.82) is 0 Å². The Morgan fingerprint density at radius 3 is 2.86 bits per heavy atom. The second kappa shape index (κ2) is 6.72. The van der Waals surface area contributed by atoms with Crippen LogP contribution in [-0.4, -0.2) is 16.1 Å². The van der Waals surface area contributed by atoms with E-state index in [0.717, 1.165) is 16.9 Å². The van der Waals surface area contributed by atoms with Gasteiger partial charge in [0, 0.05) is 30.3 Å². The molecule has 0 unspecified atom stereocenters. The fraction of sp³-hybridized carbons (Fsp3) is 0.0556. The predicted octanol–water partition coefficient (Wildman–Crippen LogP) is 4.14. The lowest BCUT2D eigenvalue weighted by molar-refractivity contribution is 0.627. The molecule has 1 heterocycles. The average Bonchev–Trinajstić information content (AvgIpc) is 3.06. The maximum atomic E-state index is 13.1. The van der Waals surface area contributed by atoms with Gasteiger partial charge in [0.1, 0.15) is 5.82 Å². The van der Waals surface area contributed by atoms with Crippen molar-refractivity contribution in [3.63, 3.8) is 0 Å². The molecule has 1 aromatic heterocycles. The molecule has 0 saturated carbocycles. The Balaban J connectivity index is 1.61. The molecule has 0 aliphatic heterocycles. The standard InChI is InChI=1S/C18H16FN3/c19-16-6-1-4-15(12-16)5-3-9-21-17-7-2-8-18(13-17)22-11-10-20-14-22/h1-8,10-14,21H,9H2/b5-3+. The van der Waals surface area contributed by atoms with Gasteiger partial charge in [-0.3, -0.25) is 0 Å². The van der Waals surface area contributed by atoms with E-state index in [-0.39, 0.29) is 5.82 Å². The van der Waals surface area contributed by atoms with Crippen LogP contribution in [0.15, 0.2) is 73.3 Å². The van der Waals surface area contributed by atoms with E-state index < -0.39 is 0 Å². The molecule has 110 valence electrons. The molecule has 2 aromatic carbocycles. The van der Waals surface area contributed by atoms with E-state index in [2.05, 4.69) is 16.4 Å². The Labute approximate surface area is 128 Å². The summed E-state index contributed by atoms with van der Waals surface area (Å²) >= 11 is 0. The summed E-state index contributed by atoms with van der Waals surface area (Å²) in [5.74, 6) is -0.219. The Kier molecular flexibility index (Phi) is 4.30. The van der Waals surface area contributed by atoms with Crippen LogP contribution in [0, 0.1) is 5.82 Å². The van der Waals surface area contributed by atoms with Crippen molar-refractivity contribution in [3.8, 4) is 5.69 Å². The average molecular weight is 293 g/mol. The topological polar surface area (TPSA) is 29.9 Å². The highest BCUT2D eigenvalue weighted by atomic mass is 19.1. The fourth-order valence-electron chi connectivity index (χ4n) is 2.17. The van der Waals surface area contributed by atoms with Gasteiger partial charge in [-0.2, -0.15) is 0 Å². The van der Waals surface area contributed by atoms with Gasteiger partial charge in [0.2, 0.25) is 0 Å². The van der Waals surface area contributed by atoms with Crippen LogP contribution in [0.4, 0.5) is 10.1 Å². The second-order valence-corrected chi connectivity index (χ2v) is 4.86. The number of anilines is 1. The summed E-state index contributed by atoms with van der Waals surface area (Å²) in [7, 11) is 0. The van der Waals surface area contributed by atoms with E-state index in [1.807, 2.05) is 47.2 Å². The molecule has 22 heavy (non-hydrogen) atoms. The molecule has 3 nitrogen and oxygen atoms in total. The van der Waals surface area contributed by atoms with Crippen molar-refractivity contribution in [2.75, 3.05) is 11.9 Å². The van der Waals surface area contributed by atoms with Crippen LogP contribution < -0.4 is 5.32 Å². The SMILES string of the molecule is Fc1cccc(/C=C/CNc2cccc(-n3ccnc3)c2)c1. The highest BCUT2D eigenvalue weighted by Crippen LogP contribution is 2.14. The van der Waals surface area contributed by atoms with E-state index in [1.165, 1.54) is 12.1 Å². The molecule has 0 bridgehead atoms. The maximum absolute atomic E-state index is 13.1. The van der Waals surface area contributed by atoms with E-state index in [0.29, 0.717) is 6.54 Å². The number of benzene rings is 2. The Morgan fingerprint density at radius 2 is 2.05 bits per heavy atom. The summed E-state index contributed by atoms with van der Waals surface area (Å²) in [5.41, 5.74) is 2.93. The normalized spacial score (nSPS) is 11.0. The van der Waals surface area contributed by atoms with Crippen LogP contribution in [-0.2, 0) is 0 Å². The Bertz CT molecular complexity index is 764. The van der Waals surface area contributed by atoms with E-state index in [4.69, 9.17) is 0 Å². The first-order valence-corrected chi connectivity index (χ1v) is 7.06. The Hall–Kier alpha value is -2.88. The van der Waals surface area contributed by atoms with Gasteiger partial charge in [0.15, 0.2) is 0 Å². The largest absolute Gasteiger partial charge is 0.382 e. The highest BCUT2D eigenvalue weighted by molar-refractivity contribution is 5.53. The third kappa shape index (κ3) is 3.61. The van der Waals surface area contributed by atoms with Crippen LogP contribution in [0.1, 0.15) is 5.56 Å². The van der Waals surface area contributed by atoms with Crippen molar-refractivity contribution in [1.82, 2.24) is 9.55 Å². The molecule has 0 saturated heterocycles. The van der Waals surface area contributed by atoms with E-state index in [1.54, 1.807) is 18.6 Å². The van der Waals surface area contributed by atoms with Gasteiger partial charge >= 0.3 is 0 Å². The Morgan fingerprint density at radius 1 is 1.14 bits per heavy atom. The molecular weight excluding hydrogens is 277 g/mol. The van der Waals surface area contributed by atoms with Gasteiger partial charge in [0.25, 0.3) is 0 Å². The number of aromatic nitrogens is 2. The fourth-order valence-corrected chi connectivity index (χ4v) is 2.17. The van der Waals surface area contributed by atoms with Crippen LogP contribution in [0.2, 0.25) is 0 Å². The van der Waals surface area contributed by atoms with Crippen LogP contribution >= 0.6 is 0 Å². The quantitative estimate of drug-likeness (QED) is 0.766. The lowest BCUT2D eigenvalue weighted by Gasteiger charge is -2.07. The van der Waals surface area contributed by atoms with Gasteiger partial charge in [-0.15, -0.1) is 0 Å². The minimum absolute atomic E-state index is 0.219. The molecule has 0 aliphatic rings. The lowest BCUT2D eigenvalue weighted by atomic mass is 10.2. The number of rotatable bonds is 5. The zero-order chi connectivity index (χ0) is 15.2. The first kappa shape index (κ1) is 14.1. The van der Waals surface area contributed by atoms with E-state index in [9.17, 15) is 4.39 Å². The molecule has 1 N–H and O–H groups in total. The van der Waals surface area contributed by atoms with Gasteiger partial charge in [0.05, 0.1) is 6.33 Å². The molecular formula is C18H16FN3. The molecule has 0 atom stereocenters. The summed E-state index contributed by atoms with van der Waals surface area (Å²) in [6.07, 6.45) is 9.29. The number of imidazole rings is 1. The number of halogens is 1. The number of nitrogens with zero attached hydrogens (tertiary/aromatic N) is 2. The van der Waals surface area contributed by atoms with Crippen molar-refractivity contribution >= 4 is 11.8 Å². The van der Waals surface area contributed by atoms with Crippen molar-refractivity contribution < 1.29 is 4.39 Å². The van der Waals surface area contributed by atoms with Crippen LogP contribution in [0.25, 0.3) is 11.8 Å². The third-order valence-corrected chi connectivity index (χ3v) is 3.23. The van der Waals surface area contributed by atoms with Gasteiger partial charge in [-0.25, -0.2) is 9.37 Å². The molecule has 0 fully saturated rings.